The Morgan fingerprint density at radius 3 is 2.65 bits per heavy atom. The molecule has 1 aliphatic carbocycles. The number of hydrogen-bond donors (Lipinski definition) is 2. The largest absolute Gasteiger partial charge is 0.382 e. The molecule has 9 nitrogen and oxygen atoms in total. The number of nitrogens with zero attached hydrogens (tertiary/aromatic N) is 7. The number of alkyl halides is 4. The van der Waals surface area contributed by atoms with E-state index in [2.05, 4.69) is 25.4 Å². The highest BCUT2D eigenvalue weighted by molar-refractivity contribution is 5.89. The Labute approximate surface area is 207 Å². The molecule has 6 rings (SSSR count). The Hall–Kier alpha value is -3.55. The van der Waals surface area contributed by atoms with Crippen LogP contribution < -0.4 is 11.1 Å². The van der Waals surface area contributed by atoms with Crippen LogP contribution in [0, 0.1) is 12.7 Å². The smallest absolute Gasteiger partial charge is 0.280 e. The van der Waals surface area contributed by atoms with Crippen LogP contribution in [0.5, 0.6) is 0 Å². The predicted octanol–water partition coefficient (Wildman–Crippen LogP) is 3.72. The van der Waals surface area contributed by atoms with Crippen LogP contribution >= 0.6 is 0 Å². The summed E-state index contributed by atoms with van der Waals surface area (Å²) in [6.07, 6.45) is 0.516. The van der Waals surface area contributed by atoms with Crippen molar-refractivity contribution in [2.75, 3.05) is 24.1 Å². The van der Waals surface area contributed by atoms with Gasteiger partial charge in [0.15, 0.2) is 17.3 Å². The summed E-state index contributed by atoms with van der Waals surface area (Å²) < 4.78 is 73.3. The second-order valence-electron chi connectivity index (χ2n) is 9.61. The highest BCUT2D eigenvalue weighted by atomic mass is 19.3. The molecule has 196 valence electrons. The first-order valence-corrected chi connectivity index (χ1v) is 12.0. The van der Waals surface area contributed by atoms with Crippen LogP contribution in [0.2, 0.25) is 0 Å². The van der Waals surface area contributed by atoms with Crippen LogP contribution in [0.15, 0.2) is 18.3 Å². The fourth-order valence-corrected chi connectivity index (χ4v) is 5.05. The normalized spacial score (nSPS) is 20.4. The van der Waals surface area contributed by atoms with Crippen LogP contribution in [0.3, 0.4) is 0 Å². The van der Waals surface area contributed by atoms with E-state index in [-0.39, 0.29) is 53.2 Å². The molecule has 5 heterocycles. The first kappa shape index (κ1) is 23.8. The Bertz CT molecular complexity index is 1490. The summed E-state index contributed by atoms with van der Waals surface area (Å²) in [4.78, 5) is 14.6. The third kappa shape index (κ3) is 4.22. The number of hydrogen-bond acceptors (Lipinski definition) is 7. The lowest BCUT2D eigenvalue weighted by molar-refractivity contribution is -0.0761. The third-order valence-corrected chi connectivity index (χ3v) is 6.97. The summed E-state index contributed by atoms with van der Waals surface area (Å²) in [7, 11) is 0. The van der Waals surface area contributed by atoms with Gasteiger partial charge in [0.2, 0.25) is 5.95 Å². The van der Waals surface area contributed by atoms with Gasteiger partial charge in [0.05, 0.1) is 36.6 Å². The van der Waals surface area contributed by atoms with Gasteiger partial charge in [-0.15, -0.1) is 5.10 Å². The molecule has 4 aromatic rings. The van der Waals surface area contributed by atoms with Crippen molar-refractivity contribution in [3.63, 3.8) is 0 Å². The molecule has 4 aromatic heterocycles. The van der Waals surface area contributed by atoms with Gasteiger partial charge in [0.25, 0.3) is 12.3 Å². The standard InChI is InChI=1S/C23H24F5N9/c1-11-30-15-5-4-14(31-21(15)36(11)9-17(25)26)18-13(24)8-37-19(18)20(29)33-22(34-37)32-16-6-7-35(12-2-3-12)10-23(16,27)28/h4-5,8,12,16-17H,2-3,6-7,9-10H2,1H3,(H3,29,32,33,34)/t16-/m1/s1. The molecule has 1 saturated heterocycles. The molecule has 0 amide bonds. The predicted molar refractivity (Wildman–Crippen MR) is 126 cm³/mol. The topological polar surface area (TPSA) is 102 Å². The summed E-state index contributed by atoms with van der Waals surface area (Å²) in [5, 5.41) is 6.86. The van der Waals surface area contributed by atoms with Gasteiger partial charge in [-0.25, -0.2) is 36.4 Å². The maximum Gasteiger partial charge on any atom is 0.280 e. The van der Waals surface area contributed by atoms with Crippen LogP contribution in [-0.4, -0.2) is 71.6 Å². The number of rotatable bonds is 6. The number of likely N-dealkylation sites (tertiary alicyclic amines) is 1. The van der Waals surface area contributed by atoms with Gasteiger partial charge >= 0.3 is 0 Å². The van der Waals surface area contributed by atoms with E-state index in [9.17, 15) is 17.6 Å². The van der Waals surface area contributed by atoms with Gasteiger partial charge in [-0.2, -0.15) is 4.98 Å². The number of nitrogen functional groups attached to an aromatic ring is 1. The number of anilines is 2. The average Bonchev–Trinajstić information content (AvgIpc) is 3.55. The molecule has 1 atom stereocenters. The van der Waals surface area contributed by atoms with Crippen molar-refractivity contribution >= 4 is 28.4 Å². The van der Waals surface area contributed by atoms with Crippen molar-refractivity contribution in [3.05, 3.63) is 30.0 Å². The van der Waals surface area contributed by atoms with Crippen molar-refractivity contribution in [2.24, 2.45) is 0 Å². The van der Waals surface area contributed by atoms with Crippen molar-refractivity contribution in [2.45, 2.75) is 57.2 Å². The van der Waals surface area contributed by atoms with E-state index in [0.29, 0.717) is 17.9 Å². The molecule has 14 heteroatoms. The van der Waals surface area contributed by atoms with E-state index < -0.39 is 30.8 Å². The minimum absolute atomic E-state index is 0.0310. The zero-order valence-corrected chi connectivity index (χ0v) is 19.8. The van der Waals surface area contributed by atoms with Gasteiger partial charge in [-0.05, 0) is 38.3 Å². The van der Waals surface area contributed by atoms with E-state index in [1.165, 1.54) is 10.6 Å². The number of aryl methyl sites for hydroxylation is 1. The quantitative estimate of drug-likeness (QED) is 0.373. The molecule has 0 spiro atoms. The number of nitrogens with one attached hydrogen (secondary N) is 1. The number of aromatic nitrogens is 6. The van der Waals surface area contributed by atoms with E-state index in [0.717, 1.165) is 23.6 Å². The fraction of sp³-hybridized carbons (Fsp3) is 0.478. The van der Waals surface area contributed by atoms with E-state index >= 15 is 4.39 Å². The summed E-state index contributed by atoms with van der Waals surface area (Å²) in [6, 6.07) is 2.10. The Balaban J connectivity index is 1.34. The first-order chi connectivity index (χ1) is 17.6. The van der Waals surface area contributed by atoms with Gasteiger partial charge in [-0.1, -0.05) is 0 Å². The third-order valence-electron chi connectivity index (χ3n) is 6.97. The second-order valence-corrected chi connectivity index (χ2v) is 9.61. The zero-order chi connectivity index (χ0) is 26.1. The number of imidazole rings is 1. The van der Waals surface area contributed by atoms with Gasteiger partial charge < -0.3 is 15.6 Å². The van der Waals surface area contributed by atoms with Crippen LogP contribution in [-0.2, 0) is 6.54 Å². The molecule has 0 bridgehead atoms. The van der Waals surface area contributed by atoms with Gasteiger partial charge in [0.1, 0.15) is 16.9 Å². The molecular weight excluding hydrogens is 497 g/mol. The lowest BCUT2D eigenvalue weighted by Gasteiger charge is -2.38. The van der Waals surface area contributed by atoms with Crippen molar-refractivity contribution in [3.8, 4) is 11.3 Å². The summed E-state index contributed by atoms with van der Waals surface area (Å²) in [5.74, 6) is -3.68. The molecule has 1 saturated carbocycles. The van der Waals surface area contributed by atoms with Crippen LogP contribution in [0.1, 0.15) is 25.1 Å². The Kier molecular flexibility index (Phi) is 5.47. The summed E-state index contributed by atoms with van der Waals surface area (Å²) >= 11 is 0. The summed E-state index contributed by atoms with van der Waals surface area (Å²) in [6.45, 7) is 1.17. The minimum atomic E-state index is -3.00. The summed E-state index contributed by atoms with van der Waals surface area (Å²) in [5.41, 5.74) is 6.88. The highest BCUT2D eigenvalue weighted by Crippen LogP contribution is 2.37. The zero-order valence-electron chi connectivity index (χ0n) is 19.8. The molecule has 3 N–H and O–H groups in total. The lowest BCUT2D eigenvalue weighted by Crippen LogP contribution is -2.55. The monoisotopic (exact) mass is 521 g/mol. The molecule has 2 aliphatic rings. The van der Waals surface area contributed by atoms with E-state index in [1.807, 2.05) is 4.90 Å². The van der Waals surface area contributed by atoms with Crippen LogP contribution in [0.25, 0.3) is 27.9 Å². The minimum Gasteiger partial charge on any atom is -0.382 e. The average molecular weight is 521 g/mol. The maximum atomic E-state index is 15.2. The number of pyridine rings is 1. The molecule has 1 aliphatic heterocycles. The van der Waals surface area contributed by atoms with Crippen LogP contribution in [0.4, 0.5) is 33.7 Å². The Morgan fingerprint density at radius 1 is 1.16 bits per heavy atom. The number of piperidine rings is 1. The molecule has 0 unspecified atom stereocenters. The molecule has 2 fully saturated rings. The first-order valence-electron chi connectivity index (χ1n) is 12.0. The van der Waals surface area contributed by atoms with Gasteiger partial charge in [-0.3, -0.25) is 4.90 Å². The fourth-order valence-electron chi connectivity index (χ4n) is 5.05. The van der Waals surface area contributed by atoms with Gasteiger partial charge in [0, 0.05) is 12.6 Å². The molecule has 0 aromatic carbocycles. The number of halogens is 5. The SMILES string of the molecule is Cc1nc2ccc(-c3c(F)cn4nc(N[C@@H]5CCN(C6CC6)CC5(F)F)nc(N)c34)nc2n1CC(F)F. The molecule has 0 radical (unpaired) electrons. The van der Waals surface area contributed by atoms with E-state index in [1.54, 1.807) is 13.0 Å². The second kappa shape index (κ2) is 8.50. The highest BCUT2D eigenvalue weighted by Gasteiger charge is 2.48. The maximum absolute atomic E-state index is 15.2. The van der Waals surface area contributed by atoms with E-state index in [4.69, 9.17) is 5.73 Å². The molecule has 37 heavy (non-hydrogen) atoms. The number of fused-ring (bicyclic) bond motifs is 2. The Morgan fingerprint density at radius 2 is 1.95 bits per heavy atom. The molecular formula is C23H24F5N9. The number of nitrogens with two attached hydrogens (primary N) is 1. The van der Waals surface area contributed by atoms with Crippen molar-refractivity contribution < 1.29 is 22.0 Å². The lowest BCUT2D eigenvalue weighted by atomic mass is 10.0. The van der Waals surface area contributed by atoms with Crippen molar-refractivity contribution in [1.82, 2.24) is 34.0 Å². The van der Waals surface area contributed by atoms with Crippen molar-refractivity contribution in [1.29, 1.82) is 0 Å².